The van der Waals surface area contributed by atoms with E-state index in [1.54, 1.807) is 4.90 Å². The van der Waals surface area contributed by atoms with Crippen molar-refractivity contribution in [3.63, 3.8) is 0 Å². The molecule has 0 saturated carbocycles. The third kappa shape index (κ3) is 2.82. The molecule has 126 valence electrons. The maximum absolute atomic E-state index is 12.7. The number of hydrogen-bond donors (Lipinski definition) is 1. The topological polar surface area (TPSA) is 45.2 Å². The van der Waals surface area contributed by atoms with E-state index in [1.807, 2.05) is 6.92 Å². The fourth-order valence-electron chi connectivity index (χ4n) is 4.02. The van der Waals surface area contributed by atoms with Gasteiger partial charge in [0.25, 0.3) is 0 Å². The Hall–Kier alpha value is -1.63. The molecule has 0 radical (unpaired) electrons. The van der Waals surface area contributed by atoms with Gasteiger partial charge in [0.15, 0.2) is 0 Å². The van der Waals surface area contributed by atoms with Gasteiger partial charge >= 0.3 is 6.18 Å². The van der Waals surface area contributed by atoms with E-state index in [0.29, 0.717) is 12.1 Å². The van der Waals surface area contributed by atoms with Crippen LogP contribution in [0.2, 0.25) is 0 Å². The lowest BCUT2D eigenvalue weighted by atomic mass is 9.72. The van der Waals surface area contributed by atoms with Crippen molar-refractivity contribution in [2.24, 2.45) is 5.41 Å². The number of carbonyl (C=O) groups is 1. The van der Waals surface area contributed by atoms with Gasteiger partial charge in [-0.25, -0.2) is 4.98 Å². The van der Waals surface area contributed by atoms with E-state index in [-0.39, 0.29) is 17.4 Å². The zero-order valence-electron chi connectivity index (χ0n) is 13.0. The van der Waals surface area contributed by atoms with Gasteiger partial charge in [0.1, 0.15) is 5.69 Å². The standard InChI is InChI=1S/C16H20F3N3O/c1-2-13-15(5-7-20-8-6-15)9-14(23)22(13)11-3-4-12(21-10-11)16(17,18)19/h3-4,10,13,20H,2,5-9H2,1H3. The predicted octanol–water partition coefficient (Wildman–Crippen LogP) is 2.99. The SMILES string of the molecule is CCC1N(c2ccc(C(F)(F)F)nc2)C(=O)CC12CCNCC2. The van der Waals surface area contributed by atoms with Gasteiger partial charge in [0.05, 0.1) is 11.9 Å². The van der Waals surface area contributed by atoms with Crippen LogP contribution in [0, 0.1) is 5.41 Å². The number of halogens is 3. The van der Waals surface area contributed by atoms with Crippen LogP contribution < -0.4 is 10.2 Å². The average molecular weight is 327 g/mol. The van der Waals surface area contributed by atoms with E-state index < -0.39 is 11.9 Å². The number of piperidine rings is 1. The Kier molecular flexibility index (Phi) is 4.08. The Morgan fingerprint density at radius 3 is 2.57 bits per heavy atom. The number of hydrogen-bond acceptors (Lipinski definition) is 3. The van der Waals surface area contributed by atoms with Gasteiger partial charge in [-0.2, -0.15) is 13.2 Å². The summed E-state index contributed by atoms with van der Waals surface area (Å²) in [5.74, 6) is -0.0136. The third-order valence-corrected chi connectivity index (χ3v) is 5.09. The molecule has 0 aliphatic carbocycles. The highest BCUT2D eigenvalue weighted by atomic mass is 19.4. The van der Waals surface area contributed by atoms with Gasteiger partial charge in [-0.15, -0.1) is 0 Å². The van der Waals surface area contributed by atoms with Crippen molar-refractivity contribution in [1.29, 1.82) is 0 Å². The Bertz CT molecular complexity index is 579. The van der Waals surface area contributed by atoms with Crippen molar-refractivity contribution < 1.29 is 18.0 Å². The molecule has 3 rings (SSSR count). The first kappa shape index (κ1) is 16.2. The summed E-state index contributed by atoms with van der Waals surface area (Å²) in [6.45, 7) is 3.78. The molecule has 1 N–H and O–H groups in total. The van der Waals surface area contributed by atoms with Gasteiger partial charge < -0.3 is 10.2 Å². The Morgan fingerprint density at radius 1 is 1.35 bits per heavy atom. The van der Waals surface area contributed by atoms with Gasteiger partial charge in [0.2, 0.25) is 5.91 Å². The molecule has 1 atom stereocenters. The summed E-state index contributed by atoms with van der Waals surface area (Å²) in [5, 5.41) is 3.31. The zero-order chi connectivity index (χ0) is 16.7. The number of nitrogens with zero attached hydrogens (tertiary/aromatic N) is 2. The molecule has 7 heteroatoms. The van der Waals surface area contributed by atoms with Crippen LogP contribution in [0.25, 0.3) is 0 Å². The second-order valence-electron chi connectivity index (χ2n) is 6.38. The number of anilines is 1. The van der Waals surface area contributed by atoms with Crippen molar-refractivity contribution in [3.8, 4) is 0 Å². The predicted molar refractivity (Wildman–Crippen MR) is 80.0 cm³/mol. The summed E-state index contributed by atoms with van der Waals surface area (Å²) >= 11 is 0. The summed E-state index contributed by atoms with van der Waals surface area (Å²) in [5.41, 5.74) is -0.539. The first-order valence-corrected chi connectivity index (χ1v) is 7.93. The van der Waals surface area contributed by atoms with Gasteiger partial charge in [-0.3, -0.25) is 4.79 Å². The summed E-state index contributed by atoms with van der Waals surface area (Å²) in [4.78, 5) is 17.7. The van der Waals surface area contributed by atoms with E-state index in [9.17, 15) is 18.0 Å². The van der Waals surface area contributed by atoms with Crippen LogP contribution in [0.4, 0.5) is 18.9 Å². The minimum Gasteiger partial charge on any atom is -0.317 e. The van der Waals surface area contributed by atoms with Crippen LogP contribution in [0.15, 0.2) is 18.3 Å². The fourth-order valence-corrected chi connectivity index (χ4v) is 4.02. The maximum Gasteiger partial charge on any atom is 0.433 e. The minimum absolute atomic E-state index is 0.0136. The Labute approximate surface area is 133 Å². The molecule has 1 aromatic rings. The van der Waals surface area contributed by atoms with Crippen LogP contribution in [-0.2, 0) is 11.0 Å². The third-order valence-electron chi connectivity index (χ3n) is 5.09. The van der Waals surface area contributed by atoms with Crippen LogP contribution in [0.3, 0.4) is 0 Å². The first-order valence-electron chi connectivity index (χ1n) is 7.93. The summed E-state index contributed by atoms with van der Waals surface area (Å²) in [6, 6.07) is 2.33. The molecule has 1 amide bonds. The van der Waals surface area contributed by atoms with Crippen molar-refractivity contribution in [1.82, 2.24) is 10.3 Å². The van der Waals surface area contributed by atoms with E-state index in [4.69, 9.17) is 0 Å². The molecular weight excluding hydrogens is 307 g/mol. The summed E-state index contributed by atoms with van der Waals surface area (Å²) < 4.78 is 38.0. The van der Waals surface area contributed by atoms with E-state index >= 15 is 0 Å². The first-order chi connectivity index (χ1) is 10.9. The van der Waals surface area contributed by atoms with E-state index in [1.165, 1.54) is 12.3 Å². The Morgan fingerprint density at radius 2 is 2.04 bits per heavy atom. The van der Waals surface area contributed by atoms with Crippen molar-refractivity contribution >= 4 is 11.6 Å². The molecule has 1 spiro atoms. The highest BCUT2D eigenvalue weighted by Gasteiger charge is 2.51. The van der Waals surface area contributed by atoms with Gasteiger partial charge in [0, 0.05) is 17.9 Å². The van der Waals surface area contributed by atoms with E-state index in [0.717, 1.165) is 38.4 Å². The number of amides is 1. The summed E-state index contributed by atoms with van der Waals surface area (Å²) in [6.07, 6.45) is -0.206. The van der Waals surface area contributed by atoms with Gasteiger partial charge in [-0.1, -0.05) is 6.92 Å². The quantitative estimate of drug-likeness (QED) is 0.908. The van der Waals surface area contributed by atoms with Crippen molar-refractivity contribution in [2.75, 3.05) is 18.0 Å². The lowest BCUT2D eigenvalue weighted by molar-refractivity contribution is -0.141. The monoisotopic (exact) mass is 327 g/mol. The van der Waals surface area contributed by atoms with Gasteiger partial charge in [-0.05, 0) is 44.5 Å². The molecule has 1 aromatic heterocycles. The molecule has 23 heavy (non-hydrogen) atoms. The highest BCUT2D eigenvalue weighted by Crippen LogP contribution is 2.47. The number of nitrogens with one attached hydrogen (secondary N) is 1. The zero-order valence-corrected chi connectivity index (χ0v) is 13.0. The minimum atomic E-state index is -4.46. The number of alkyl halides is 3. The van der Waals surface area contributed by atoms with Crippen molar-refractivity contribution in [2.45, 2.75) is 44.8 Å². The Balaban J connectivity index is 1.90. The van der Waals surface area contributed by atoms with Crippen LogP contribution in [0.1, 0.15) is 38.3 Å². The normalized spacial score (nSPS) is 24.4. The van der Waals surface area contributed by atoms with Crippen LogP contribution in [0.5, 0.6) is 0 Å². The molecule has 1 unspecified atom stereocenters. The molecule has 2 aliphatic heterocycles. The number of rotatable bonds is 2. The molecule has 2 saturated heterocycles. The second-order valence-corrected chi connectivity index (χ2v) is 6.38. The summed E-state index contributed by atoms with van der Waals surface area (Å²) in [7, 11) is 0. The lowest BCUT2D eigenvalue weighted by Crippen LogP contribution is -2.46. The maximum atomic E-state index is 12.7. The average Bonchev–Trinajstić information content (AvgIpc) is 2.78. The number of pyridine rings is 1. The van der Waals surface area contributed by atoms with Crippen LogP contribution >= 0.6 is 0 Å². The fraction of sp³-hybridized carbons (Fsp3) is 0.625. The molecule has 3 heterocycles. The smallest absolute Gasteiger partial charge is 0.317 e. The number of carbonyl (C=O) groups excluding carboxylic acids is 1. The molecule has 4 nitrogen and oxygen atoms in total. The molecule has 2 aliphatic rings. The van der Waals surface area contributed by atoms with Crippen molar-refractivity contribution in [3.05, 3.63) is 24.0 Å². The highest BCUT2D eigenvalue weighted by molar-refractivity contribution is 5.97. The molecule has 0 bridgehead atoms. The molecule has 2 fully saturated rings. The molecule has 0 aromatic carbocycles. The second kappa shape index (κ2) is 5.78. The largest absolute Gasteiger partial charge is 0.433 e. The van der Waals surface area contributed by atoms with Crippen LogP contribution in [-0.4, -0.2) is 30.0 Å². The molecular formula is C16H20F3N3O. The number of aromatic nitrogens is 1. The lowest BCUT2D eigenvalue weighted by Gasteiger charge is -2.40. The van der Waals surface area contributed by atoms with E-state index in [2.05, 4.69) is 10.3 Å².